The van der Waals surface area contributed by atoms with Crippen LogP contribution in [0.2, 0.25) is 0 Å². The molecule has 0 atom stereocenters. The SMILES string of the molecule is CCNC(C)(C)c1nncn1CC. The molecule has 1 heterocycles. The molecule has 0 spiro atoms. The highest BCUT2D eigenvalue weighted by Crippen LogP contribution is 2.16. The molecule has 0 aliphatic heterocycles. The summed E-state index contributed by atoms with van der Waals surface area (Å²) in [5.74, 6) is 0.997. The standard InChI is InChI=1S/C9H18N4/c1-5-10-9(3,4)8-12-11-7-13(8)6-2/h7,10H,5-6H2,1-4H3. The predicted molar refractivity (Wildman–Crippen MR) is 52.4 cm³/mol. The van der Waals surface area contributed by atoms with Crippen molar-refractivity contribution in [3.63, 3.8) is 0 Å². The van der Waals surface area contributed by atoms with Crippen molar-refractivity contribution in [2.24, 2.45) is 0 Å². The van der Waals surface area contributed by atoms with Crippen molar-refractivity contribution in [3.8, 4) is 0 Å². The third kappa shape index (κ3) is 2.06. The Morgan fingerprint density at radius 3 is 2.69 bits per heavy atom. The third-order valence-corrected chi connectivity index (χ3v) is 2.13. The van der Waals surface area contributed by atoms with E-state index in [9.17, 15) is 0 Å². The Kier molecular flexibility index (Phi) is 3.03. The van der Waals surface area contributed by atoms with Crippen LogP contribution in [0.3, 0.4) is 0 Å². The maximum absolute atomic E-state index is 4.13. The molecule has 0 aliphatic rings. The number of rotatable bonds is 4. The van der Waals surface area contributed by atoms with Crippen LogP contribution in [0.5, 0.6) is 0 Å². The van der Waals surface area contributed by atoms with Crippen LogP contribution in [0.1, 0.15) is 33.5 Å². The first-order chi connectivity index (χ1) is 6.11. The molecule has 74 valence electrons. The lowest BCUT2D eigenvalue weighted by atomic mass is 10.0. The van der Waals surface area contributed by atoms with Gasteiger partial charge in [0.1, 0.15) is 6.33 Å². The normalized spacial score (nSPS) is 12.0. The van der Waals surface area contributed by atoms with E-state index in [1.807, 2.05) is 0 Å². The van der Waals surface area contributed by atoms with Crippen LogP contribution < -0.4 is 5.32 Å². The number of aryl methyl sites for hydroxylation is 1. The summed E-state index contributed by atoms with van der Waals surface area (Å²) in [4.78, 5) is 0. The molecule has 0 unspecified atom stereocenters. The third-order valence-electron chi connectivity index (χ3n) is 2.13. The van der Waals surface area contributed by atoms with Crippen LogP contribution in [-0.2, 0) is 12.1 Å². The van der Waals surface area contributed by atoms with Crippen molar-refractivity contribution >= 4 is 0 Å². The minimum atomic E-state index is -0.0960. The smallest absolute Gasteiger partial charge is 0.152 e. The maximum Gasteiger partial charge on any atom is 0.152 e. The van der Waals surface area contributed by atoms with E-state index in [2.05, 4.69) is 47.8 Å². The second kappa shape index (κ2) is 3.87. The highest BCUT2D eigenvalue weighted by molar-refractivity contribution is 5.01. The van der Waals surface area contributed by atoms with Crippen LogP contribution in [0, 0.1) is 0 Å². The van der Waals surface area contributed by atoms with Gasteiger partial charge in [0, 0.05) is 6.54 Å². The van der Waals surface area contributed by atoms with Gasteiger partial charge in [-0.25, -0.2) is 0 Å². The summed E-state index contributed by atoms with van der Waals surface area (Å²) in [6.07, 6.45) is 1.77. The second-order valence-electron chi connectivity index (χ2n) is 3.60. The Balaban J connectivity index is 2.91. The second-order valence-corrected chi connectivity index (χ2v) is 3.60. The van der Waals surface area contributed by atoms with E-state index in [1.165, 1.54) is 0 Å². The molecule has 0 fully saturated rings. The van der Waals surface area contributed by atoms with Crippen LogP contribution >= 0.6 is 0 Å². The topological polar surface area (TPSA) is 42.7 Å². The lowest BCUT2D eigenvalue weighted by molar-refractivity contribution is 0.374. The number of nitrogens with zero attached hydrogens (tertiary/aromatic N) is 3. The molecule has 1 N–H and O–H groups in total. The molecule has 0 saturated carbocycles. The van der Waals surface area contributed by atoms with Crippen LogP contribution in [0.25, 0.3) is 0 Å². The van der Waals surface area contributed by atoms with Crippen molar-refractivity contribution in [2.45, 2.75) is 39.8 Å². The van der Waals surface area contributed by atoms with Gasteiger partial charge in [0.2, 0.25) is 0 Å². The Morgan fingerprint density at radius 1 is 1.46 bits per heavy atom. The fourth-order valence-corrected chi connectivity index (χ4v) is 1.49. The van der Waals surface area contributed by atoms with Gasteiger partial charge in [-0.1, -0.05) is 6.92 Å². The first kappa shape index (κ1) is 10.2. The van der Waals surface area contributed by atoms with E-state index in [0.717, 1.165) is 18.9 Å². The molecule has 1 aromatic rings. The van der Waals surface area contributed by atoms with Gasteiger partial charge >= 0.3 is 0 Å². The molecule has 4 heteroatoms. The van der Waals surface area contributed by atoms with Crippen molar-refractivity contribution in [1.82, 2.24) is 20.1 Å². The summed E-state index contributed by atoms with van der Waals surface area (Å²) >= 11 is 0. The van der Waals surface area contributed by atoms with Crippen LogP contribution in [-0.4, -0.2) is 21.3 Å². The fourth-order valence-electron chi connectivity index (χ4n) is 1.49. The summed E-state index contributed by atoms with van der Waals surface area (Å²) in [6.45, 7) is 10.3. The van der Waals surface area contributed by atoms with Crippen LogP contribution in [0.15, 0.2) is 6.33 Å². The first-order valence-electron chi connectivity index (χ1n) is 4.75. The summed E-state index contributed by atoms with van der Waals surface area (Å²) in [7, 11) is 0. The number of hydrogen-bond acceptors (Lipinski definition) is 3. The highest BCUT2D eigenvalue weighted by Gasteiger charge is 2.24. The minimum Gasteiger partial charge on any atom is -0.316 e. The van der Waals surface area contributed by atoms with Gasteiger partial charge in [-0.2, -0.15) is 0 Å². The van der Waals surface area contributed by atoms with E-state index in [-0.39, 0.29) is 5.54 Å². The van der Waals surface area contributed by atoms with Gasteiger partial charge in [-0.15, -0.1) is 10.2 Å². The minimum absolute atomic E-state index is 0.0960. The Bertz CT molecular complexity index is 264. The van der Waals surface area contributed by atoms with Gasteiger partial charge < -0.3 is 9.88 Å². The zero-order valence-electron chi connectivity index (χ0n) is 8.83. The average Bonchev–Trinajstić information content (AvgIpc) is 2.51. The Hall–Kier alpha value is -0.900. The zero-order valence-corrected chi connectivity index (χ0v) is 8.83. The molecular weight excluding hydrogens is 164 g/mol. The molecule has 0 bridgehead atoms. The lowest BCUT2D eigenvalue weighted by Gasteiger charge is -2.24. The van der Waals surface area contributed by atoms with Crippen LogP contribution in [0.4, 0.5) is 0 Å². The van der Waals surface area contributed by atoms with Gasteiger partial charge in [0.25, 0.3) is 0 Å². The van der Waals surface area contributed by atoms with Crippen molar-refractivity contribution in [1.29, 1.82) is 0 Å². The average molecular weight is 182 g/mol. The molecule has 1 aromatic heterocycles. The van der Waals surface area contributed by atoms with Crippen molar-refractivity contribution in [3.05, 3.63) is 12.2 Å². The van der Waals surface area contributed by atoms with Gasteiger partial charge in [0.05, 0.1) is 5.54 Å². The molecular formula is C9H18N4. The maximum atomic E-state index is 4.13. The van der Waals surface area contributed by atoms with Gasteiger partial charge in [-0.05, 0) is 27.3 Å². The Morgan fingerprint density at radius 2 is 2.15 bits per heavy atom. The van der Waals surface area contributed by atoms with Gasteiger partial charge in [-0.3, -0.25) is 0 Å². The molecule has 1 rings (SSSR count). The van der Waals surface area contributed by atoms with E-state index < -0.39 is 0 Å². The molecule has 0 saturated heterocycles. The zero-order chi connectivity index (χ0) is 9.90. The first-order valence-corrected chi connectivity index (χ1v) is 4.75. The molecule has 0 amide bonds. The van der Waals surface area contributed by atoms with E-state index in [4.69, 9.17) is 0 Å². The van der Waals surface area contributed by atoms with E-state index in [0.29, 0.717) is 0 Å². The summed E-state index contributed by atoms with van der Waals surface area (Å²) in [5, 5.41) is 11.4. The predicted octanol–water partition coefficient (Wildman–Crippen LogP) is 1.14. The van der Waals surface area contributed by atoms with E-state index in [1.54, 1.807) is 6.33 Å². The number of nitrogens with one attached hydrogen (secondary N) is 1. The summed E-state index contributed by atoms with van der Waals surface area (Å²) in [5.41, 5.74) is -0.0960. The number of hydrogen-bond donors (Lipinski definition) is 1. The highest BCUT2D eigenvalue weighted by atomic mass is 15.3. The largest absolute Gasteiger partial charge is 0.316 e. The quantitative estimate of drug-likeness (QED) is 0.759. The fraction of sp³-hybridized carbons (Fsp3) is 0.778. The molecule has 0 aromatic carbocycles. The molecule has 13 heavy (non-hydrogen) atoms. The molecule has 0 aliphatic carbocycles. The summed E-state index contributed by atoms with van der Waals surface area (Å²) < 4.78 is 2.06. The molecule has 0 radical (unpaired) electrons. The Labute approximate surface area is 79.4 Å². The lowest BCUT2D eigenvalue weighted by Crippen LogP contribution is -2.38. The molecule has 4 nitrogen and oxygen atoms in total. The van der Waals surface area contributed by atoms with E-state index >= 15 is 0 Å². The van der Waals surface area contributed by atoms with Crippen molar-refractivity contribution < 1.29 is 0 Å². The number of aromatic nitrogens is 3. The van der Waals surface area contributed by atoms with Crippen molar-refractivity contribution in [2.75, 3.05) is 6.54 Å². The summed E-state index contributed by atoms with van der Waals surface area (Å²) in [6, 6.07) is 0. The van der Waals surface area contributed by atoms with Gasteiger partial charge in [0.15, 0.2) is 5.82 Å². The monoisotopic (exact) mass is 182 g/mol.